The fourth-order valence-corrected chi connectivity index (χ4v) is 7.37. The highest BCUT2D eigenvalue weighted by molar-refractivity contribution is 8.01. The smallest absolute Gasteiger partial charge is 0.270 e. The molecule has 0 radical (unpaired) electrons. The summed E-state index contributed by atoms with van der Waals surface area (Å²) in [5.41, 5.74) is 4.27. The van der Waals surface area contributed by atoms with Crippen molar-refractivity contribution < 1.29 is 23.9 Å². The molecule has 3 aliphatic heterocycles. The zero-order chi connectivity index (χ0) is 28.2. The third-order valence-electron chi connectivity index (χ3n) is 8.08. The molecule has 0 amide bonds. The van der Waals surface area contributed by atoms with Gasteiger partial charge in [0.2, 0.25) is 0 Å². The van der Waals surface area contributed by atoms with Crippen molar-refractivity contribution in [1.29, 1.82) is 0 Å². The van der Waals surface area contributed by atoms with Gasteiger partial charge in [0.05, 0.1) is 57.8 Å². The molecule has 0 N–H and O–H groups in total. The van der Waals surface area contributed by atoms with Crippen LogP contribution in [0.3, 0.4) is 0 Å². The molecule has 9 nitrogen and oxygen atoms in total. The van der Waals surface area contributed by atoms with Crippen LogP contribution in [0.4, 0.5) is 11.4 Å². The highest BCUT2D eigenvalue weighted by atomic mass is 32.2. The second-order valence-corrected chi connectivity index (χ2v) is 12.1. The third kappa shape index (κ3) is 5.79. The Balaban J connectivity index is 1.43. The molecule has 1 saturated heterocycles. The Labute approximate surface area is 240 Å². The summed E-state index contributed by atoms with van der Waals surface area (Å²) in [6.07, 6.45) is 4.30. The van der Waals surface area contributed by atoms with Gasteiger partial charge in [-0.15, -0.1) is 0 Å². The van der Waals surface area contributed by atoms with E-state index in [4.69, 9.17) is 18.9 Å². The zero-order valence-corrected chi connectivity index (χ0v) is 24.4. The summed E-state index contributed by atoms with van der Waals surface area (Å²) < 4.78 is 22.7. The first kappa shape index (κ1) is 29.0. The number of fused-ring (bicyclic) bond motifs is 2. The number of likely N-dealkylation sites (N-methyl/N-ethyl adjacent to an activating group) is 1. The van der Waals surface area contributed by atoms with Crippen molar-refractivity contribution in [2.45, 2.75) is 35.6 Å². The maximum atomic E-state index is 11.9. The van der Waals surface area contributed by atoms with Gasteiger partial charge in [0.1, 0.15) is 4.87 Å². The van der Waals surface area contributed by atoms with Crippen LogP contribution in [-0.4, -0.2) is 87.7 Å². The van der Waals surface area contributed by atoms with Crippen molar-refractivity contribution >= 4 is 29.2 Å². The van der Waals surface area contributed by atoms with Gasteiger partial charge < -0.3 is 23.8 Å². The van der Waals surface area contributed by atoms with E-state index in [1.165, 1.54) is 11.3 Å². The van der Waals surface area contributed by atoms with E-state index in [0.717, 1.165) is 16.0 Å². The lowest BCUT2D eigenvalue weighted by molar-refractivity contribution is -0.385. The summed E-state index contributed by atoms with van der Waals surface area (Å²) in [6, 6.07) is 12.0. The largest absolute Gasteiger partial charge is 0.378 e. The van der Waals surface area contributed by atoms with Crippen LogP contribution in [-0.2, 0) is 30.9 Å². The topological polar surface area (TPSA) is 86.5 Å². The maximum Gasteiger partial charge on any atom is 0.270 e. The minimum absolute atomic E-state index is 0.109. The van der Waals surface area contributed by atoms with E-state index in [1.807, 2.05) is 0 Å². The number of thioether (sulfide) groups is 1. The number of benzene rings is 2. The lowest BCUT2D eigenvalue weighted by Crippen LogP contribution is -2.50. The molecule has 1 atom stereocenters. The molecule has 1 spiro atoms. The van der Waals surface area contributed by atoms with Crippen molar-refractivity contribution in [3.63, 3.8) is 0 Å². The molecule has 0 saturated carbocycles. The van der Waals surface area contributed by atoms with Crippen LogP contribution >= 0.6 is 11.8 Å². The number of rotatable bonds is 3. The van der Waals surface area contributed by atoms with Crippen molar-refractivity contribution in [2.75, 3.05) is 77.9 Å². The van der Waals surface area contributed by atoms with Gasteiger partial charge in [0.15, 0.2) is 0 Å². The van der Waals surface area contributed by atoms with E-state index in [2.05, 4.69) is 67.1 Å². The quantitative estimate of drug-likeness (QED) is 0.385. The molecule has 3 aliphatic rings. The number of nitro benzene ring substituents is 1. The molecule has 5 rings (SSSR count). The minimum atomic E-state index is -0.363. The van der Waals surface area contributed by atoms with Gasteiger partial charge >= 0.3 is 0 Å². The Kier molecular flexibility index (Phi) is 9.14. The predicted octanol–water partition coefficient (Wildman–Crippen LogP) is 4.72. The molecule has 2 aromatic carbocycles. The fourth-order valence-electron chi connectivity index (χ4n) is 5.82. The normalized spacial score (nSPS) is 24.2. The molecule has 2 aromatic rings. The maximum absolute atomic E-state index is 11.9. The Bertz CT molecular complexity index is 1220. The van der Waals surface area contributed by atoms with E-state index in [-0.39, 0.29) is 20.9 Å². The summed E-state index contributed by atoms with van der Waals surface area (Å²) in [4.78, 5) is 16.9. The average molecular weight is 570 g/mol. The third-order valence-corrected chi connectivity index (χ3v) is 10.0. The van der Waals surface area contributed by atoms with Crippen LogP contribution in [0.25, 0.3) is 6.08 Å². The van der Waals surface area contributed by atoms with E-state index in [9.17, 15) is 10.1 Å². The van der Waals surface area contributed by atoms with Gasteiger partial charge in [0, 0.05) is 54.8 Å². The van der Waals surface area contributed by atoms with Gasteiger partial charge in [-0.05, 0) is 28.8 Å². The minimum Gasteiger partial charge on any atom is -0.378 e. The summed E-state index contributed by atoms with van der Waals surface area (Å²) in [5.74, 6) is 0. The molecule has 0 aliphatic carbocycles. The number of para-hydroxylation sites is 1. The SMILES string of the molecule is CN1c2ccccc2C(C)(C)C12C=Cc1cc([N+](=O)[O-])cc(CN3CCOCCOCCOCCOCC3)c1S2. The van der Waals surface area contributed by atoms with Crippen LogP contribution in [0.1, 0.15) is 30.5 Å². The van der Waals surface area contributed by atoms with Crippen molar-refractivity contribution in [1.82, 2.24) is 4.90 Å². The monoisotopic (exact) mass is 569 g/mol. The summed E-state index contributed by atoms with van der Waals surface area (Å²) in [6.45, 7) is 10.7. The first-order valence-electron chi connectivity index (χ1n) is 13.9. The zero-order valence-electron chi connectivity index (χ0n) is 23.6. The van der Waals surface area contributed by atoms with Gasteiger partial charge in [-0.1, -0.05) is 49.9 Å². The Hall–Kier alpha value is -2.47. The van der Waals surface area contributed by atoms with Crippen molar-refractivity contribution in [2.24, 2.45) is 0 Å². The van der Waals surface area contributed by atoms with E-state index < -0.39 is 0 Å². The van der Waals surface area contributed by atoms with Crippen LogP contribution in [0.5, 0.6) is 0 Å². The highest BCUT2D eigenvalue weighted by Crippen LogP contribution is 2.61. The molecular weight excluding hydrogens is 530 g/mol. The Morgan fingerprint density at radius 2 is 1.52 bits per heavy atom. The molecule has 1 fully saturated rings. The summed E-state index contributed by atoms with van der Waals surface area (Å²) in [5, 5.41) is 11.9. The molecule has 10 heteroatoms. The van der Waals surface area contributed by atoms with E-state index in [0.29, 0.717) is 72.5 Å². The second-order valence-electron chi connectivity index (χ2n) is 10.8. The second kappa shape index (κ2) is 12.6. The molecule has 216 valence electrons. The number of hydrogen-bond acceptors (Lipinski definition) is 9. The van der Waals surface area contributed by atoms with Gasteiger partial charge in [-0.25, -0.2) is 0 Å². The number of hydrogen-bond donors (Lipinski definition) is 0. The average Bonchev–Trinajstić information content (AvgIpc) is 3.10. The Morgan fingerprint density at radius 3 is 2.12 bits per heavy atom. The molecular formula is C30H39N3O6S. The molecule has 1 unspecified atom stereocenters. The number of nitrogens with zero attached hydrogens (tertiary/aromatic N) is 3. The van der Waals surface area contributed by atoms with Crippen molar-refractivity contribution in [3.05, 3.63) is 69.3 Å². The van der Waals surface area contributed by atoms with Crippen LogP contribution < -0.4 is 4.90 Å². The molecule has 40 heavy (non-hydrogen) atoms. The number of non-ortho nitro benzene ring substituents is 1. The number of anilines is 1. The lowest BCUT2D eigenvalue weighted by Gasteiger charge is -2.46. The van der Waals surface area contributed by atoms with Gasteiger partial charge in [-0.3, -0.25) is 15.0 Å². The molecule has 0 bridgehead atoms. The van der Waals surface area contributed by atoms with Crippen molar-refractivity contribution in [3.8, 4) is 0 Å². The first-order chi connectivity index (χ1) is 19.3. The van der Waals surface area contributed by atoms with E-state index in [1.54, 1.807) is 23.9 Å². The summed E-state index contributed by atoms with van der Waals surface area (Å²) in [7, 11) is 2.15. The highest BCUT2D eigenvalue weighted by Gasteiger charge is 2.56. The number of nitro groups is 1. The van der Waals surface area contributed by atoms with E-state index >= 15 is 0 Å². The van der Waals surface area contributed by atoms with Crippen LogP contribution in [0, 0.1) is 10.1 Å². The lowest BCUT2D eigenvalue weighted by atomic mass is 9.79. The van der Waals surface area contributed by atoms with Gasteiger partial charge in [-0.2, -0.15) is 0 Å². The molecule has 0 aromatic heterocycles. The fraction of sp³-hybridized carbons (Fsp3) is 0.533. The summed E-state index contributed by atoms with van der Waals surface area (Å²) >= 11 is 1.80. The molecule has 3 heterocycles. The van der Waals surface area contributed by atoms with Gasteiger partial charge in [0.25, 0.3) is 5.69 Å². The van der Waals surface area contributed by atoms with Crippen LogP contribution in [0.15, 0.2) is 47.4 Å². The van der Waals surface area contributed by atoms with Crippen LogP contribution in [0.2, 0.25) is 0 Å². The standard InChI is InChI=1S/C30H39N3O6S/c1-29(2)26-6-4-5-7-27(26)31(3)30(29)9-8-23-20-25(33(34)35)21-24(28(23)40-30)22-32-10-12-36-14-16-38-18-19-39-17-15-37-13-11-32/h4-9,20-21H,10-19,22H2,1-3H3. The Morgan fingerprint density at radius 1 is 0.925 bits per heavy atom. The number of ether oxygens (including phenoxy) is 4. The first-order valence-corrected chi connectivity index (χ1v) is 14.7. The predicted molar refractivity (Wildman–Crippen MR) is 157 cm³/mol.